The Labute approximate surface area is 119 Å². The van der Waals surface area contributed by atoms with Crippen molar-refractivity contribution in [2.45, 2.75) is 64.9 Å². The zero-order valence-corrected chi connectivity index (χ0v) is 12.6. The molecule has 1 atom stereocenters. The molecule has 0 radical (unpaired) electrons. The van der Waals surface area contributed by atoms with Crippen LogP contribution in [0.1, 0.15) is 58.8 Å². The third kappa shape index (κ3) is 14.9. The molecule has 1 unspecified atom stereocenters. The highest BCUT2D eigenvalue weighted by Gasteiger charge is 1.92. The van der Waals surface area contributed by atoms with Crippen molar-refractivity contribution in [2.75, 3.05) is 0 Å². The van der Waals surface area contributed by atoms with Gasteiger partial charge in [-0.05, 0) is 32.1 Å². The summed E-state index contributed by atoms with van der Waals surface area (Å²) in [5.41, 5.74) is 0. The Morgan fingerprint density at radius 3 is 2.42 bits per heavy atom. The second-order valence-electron chi connectivity index (χ2n) is 4.70. The highest BCUT2D eigenvalue weighted by atomic mass is 16.3. The van der Waals surface area contributed by atoms with Crippen LogP contribution >= 0.6 is 0 Å². The van der Waals surface area contributed by atoms with Gasteiger partial charge in [-0.2, -0.15) is 0 Å². The van der Waals surface area contributed by atoms with Gasteiger partial charge in [0.25, 0.3) is 0 Å². The lowest BCUT2D eigenvalue weighted by atomic mass is 10.2. The zero-order chi connectivity index (χ0) is 14.2. The third-order valence-electron chi connectivity index (χ3n) is 2.77. The molecular formula is C18H30O. The number of aliphatic hydroxyl groups excluding tert-OH is 1. The second kappa shape index (κ2) is 15.0. The molecule has 0 fully saturated rings. The minimum absolute atomic E-state index is 0.369. The number of hydrogen-bond acceptors (Lipinski definition) is 1. The van der Waals surface area contributed by atoms with E-state index in [0.717, 1.165) is 19.3 Å². The van der Waals surface area contributed by atoms with Gasteiger partial charge in [0.05, 0.1) is 6.10 Å². The maximum atomic E-state index is 9.70. The average Bonchev–Trinajstić information content (AvgIpc) is 2.41. The number of unbranched alkanes of at least 4 members (excludes halogenated alkanes) is 3. The van der Waals surface area contributed by atoms with Crippen LogP contribution in [0.4, 0.5) is 0 Å². The Kier molecular flexibility index (Phi) is 14.1. The fourth-order valence-corrected chi connectivity index (χ4v) is 1.63. The van der Waals surface area contributed by atoms with E-state index in [1.807, 2.05) is 24.3 Å². The summed E-state index contributed by atoms with van der Waals surface area (Å²) in [5, 5.41) is 9.70. The van der Waals surface area contributed by atoms with Crippen LogP contribution in [0.25, 0.3) is 0 Å². The van der Waals surface area contributed by atoms with Crippen molar-refractivity contribution in [2.24, 2.45) is 0 Å². The van der Waals surface area contributed by atoms with Crippen LogP contribution in [-0.4, -0.2) is 11.2 Å². The van der Waals surface area contributed by atoms with E-state index in [0.29, 0.717) is 6.42 Å². The second-order valence-corrected chi connectivity index (χ2v) is 4.70. The van der Waals surface area contributed by atoms with Crippen LogP contribution in [0.3, 0.4) is 0 Å². The summed E-state index contributed by atoms with van der Waals surface area (Å²) < 4.78 is 0. The molecular weight excluding hydrogens is 232 g/mol. The van der Waals surface area contributed by atoms with Crippen molar-refractivity contribution in [1.82, 2.24) is 0 Å². The predicted octanol–water partition coefficient (Wildman–Crippen LogP) is 5.34. The fraction of sp³-hybridized carbons (Fsp3) is 0.556. The van der Waals surface area contributed by atoms with Crippen LogP contribution in [0.15, 0.2) is 48.6 Å². The zero-order valence-electron chi connectivity index (χ0n) is 12.6. The van der Waals surface area contributed by atoms with E-state index in [4.69, 9.17) is 0 Å². The molecule has 19 heavy (non-hydrogen) atoms. The Morgan fingerprint density at radius 1 is 0.895 bits per heavy atom. The van der Waals surface area contributed by atoms with Crippen molar-refractivity contribution in [3.8, 4) is 0 Å². The van der Waals surface area contributed by atoms with Crippen molar-refractivity contribution in [3.05, 3.63) is 48.6 Å². The molecule has 0 bridgehead atoms. The van der Waals surface area contributed by atoms with Crippen LogP contribution in [0.5, 0.6) is 0 Å². The molecule has 0 rings (SSSR count). The third-order valence-corrected chi connectivity index (χ3v) is 2.77. The molecule has 0 aromatic heterocycles. The van der Waals surface area contributed by atoms with Crippen molar-refractivity contribution < 1.29 is 5.11 Å². The van der Waals surface area contributed by atoms with Crippen molar-refractivity contribution in [1.29, 1.82) is 0 Å². The van der Waals surface area contributed by atoms with Gasteiger partial charge in [-0.15, -0.1) is 0 Å². The minimum atomic E-state index is -0.369. The molecule has 0 spiro atoms. The van der Waals surface area contributed by atoms with Gasteiger partial charge in [0, 0.05) is 0 Å². The maximum absolute atomic E-state index is 9.70. The van der Waals surface area contributed by atoms with E-state index >= 15 is 0 Å². The van der Waals surface area contributed by atoms with Crippen molar-refractivity contribution >= 4 is 0 Å². The Bertz CT molecular complexity index is 284. The standard InChI is InChI=1S/C18H30O/c1-3-5-7-9-11-13-15-17-18(19)16-14-12-10-8-6-4-2/h6,8,11-15,17-19H,3-5,7,9-10,16H2,1-2H3/b8-6-,13-11-,14-12-,17-15-. The number of aliphatic hydroxyl groups is 1. The van der Waals surface area contributed by atoms with Gasteiger partial charge in [0.2, 0.25) is 0 Å². The lowest BCUT2D eigenvalue weighted by Crippen LogP contribution is -1.98. The normalized spacial score (nSPS) is 14.5. The first-order valence-corrected chi connectivity index (χ1v) is 7.62. The first-order valence-electron chi connectivity index (χ1n) is 7.62. The Balaban J connectivity index is 3.61. The fourth-order valence-electron chi connectivity index (χ4n) is 1.63. The summed E-state index contributed by atoms with van der Waals surface area (Å²) in [6, 6.07) is 0. The average molecular weight is 262 g/mol. The first-order chi connectivity index (χ1) is 9.31. The maximum Gasteiger partial charge on any atom is 0.0758 e. The SMILES string of the molecule is CC/C=C\C/C=C\CC(O)/C=C\C=C/CCCCC. The quantitative estimate of drug-likeness (QED) is 0.302. The van der Waals surface area contributed by atoms with Crippen LogP contribution in [0.2, 0.25) is 0 Å². The largest absolute Gasteiger partial charge is 0.389 e. The van der Waals surface area contributed by atoms with Crippen LogP contribution in [-0.2, 0) is 0 Å². The summed E-state index contributed by atoms with van der Waals surface area (Å²) >= 11 is 0. The van der Waals surface area contributed by atoms with E-state index in [9.17, 15) is 5.11 Å². The van der Waals surface area contributed by atoms with Crippen LogP contribution < -0.4 is 0 Å². The van der Waals surface area contributed by atoms with E-state index in [-0.39, 0.29) is 6.10 Å². The lowest BCUT2D eigenvalue weighted by Gasteiger charge is -1.98. The van der Waals surface area contributed by atoms with Gasteiger partial charge < -0.3 is 5.11 Å². The van der Waals surface area contributed by atoms with Gasteiger partial charge in [-0.25, -0.2) is 0 Å². The summed E-state index contributed by atoms with van der Waals surface area (Å²) in [7, 11) is 0. The molecule has 0 aliphatic rings. The highest BCUT2D eigenvalue weighted by Crippen LogP contribution is 2.01. The van der Waals surface area contributed by atoms with Crippen molar-refractivity contribution in [3.63, 3.8) is 0 Å². The predicted molar refractivity (Wildman–Crippen MR) is 86.2 cm³/mol. The van der Waals surface area contributed by atoms with Gasteiger partial charge in [-0.3, -0.25) is 0 Å². The smallest absolute Gasteiger partial charge is 0.0758 e. The Hall–Kier alpha value is -1.08. The number of allylic oxidation sites excluding steroid dienone is 6. The van der Waals surface area contributed by atoms with E-state index in [2.05, 4.69) is 38.2 Å². The first kappa shape index (κ1) is 17.9. The van der Waals surface area contributed by atoms with Crippen LogP contribution in [0, 0.1) is 0 Å². The number of rotatable bonds is 11. The molecule has 0 saturated heterocycles. The topological polar surface area (TPSA) is 20.2 Å². The summed E-state index contributed by atoms with van der Waals surface area (Å²) in [5.74, 6) is 0. The number of hydrogen-bond donors (Lipinski definition) is 1. The van der Waals surface area contributed by atoms with Gasteiger partial charge >= 0.3 is 0 Å². The summed E-state index contributed by atoms with van der Waals surface area (Å²) in [6.07, 6.45) is 23.8. The molecule has 1 N–H and O–H groups in total. The Morgan fingerprint density at radius 2 is 1.68 bits per heavy atom. The monoisotopic (exact) mass is 262 g/mol. The van der Waals surface area contributed by atoms with Gasteiger partial charge in [0.15, 0.2) is 0 Å². The molecule has 0 heterocycles. The lowest BCUT2D eigenvalue weighted by molar-refractivity contribution is 0.227. The molecule has 0 aromatic carbocycles. The molecule has 1 nitrogen and oxygen atoms in total. The molecule has 1 heteroatoms. The summed E-state index contributed by atoms with van der Waals surface area (Å²) in [4.78, 5) is 0. The molecule has 0 aliphatic carbocycles. The van der Waals surface area contributed by atoms with Gasteiger partial charge in [-0.1, -0.05) is 75.3 Å². The molecule has 108 valence electrons. The van der Waals surface area contributed by atoms with E-state index in [1.54, 1.807) is 0 Å². The van der Waals surface area contributed by atoms with E-state index < -0.39 is 0 Å². The van der Waals surface area contributed by atoms with E-state index in [1.165, 1.54) is 19.3 Å². The minimum Gasteiger partial charge on any atom is -0.389 e. The molecule has 0 aromatic rings. The molecule has 0 saturated carbocycles. The summed E-state index contributed by atoms with van der Waals surface area (Å²) in [6.45, 7) is 4.34. The molecule has 0 aliphatic heterocycles. The van der Waals surface area contributed by atoms with Gasteiger partial charge in [0.1, 0.15) is 0 Å². The molecule has 0 amide bonds. The highest BCUT2D eigenvalue weighted by molar-refractivity contribution is 5.06.